The lowest BCUT2D eigenvalue weighted by atomic mass is 10.1. The normalized spacial score (nSPS) is 11.5. The molecule has 0 aliphatic heterocycles. The average Bonchev–Trinajstić information content (AvgIpc) is 2.43. The highest BCUT2D eigenvalue weighted by atomic mass is 19.1. The van der Waals surface area contributed by atoms with Gasteiger partial charge in [0.1, 0.15) is 11.9 Å². The minimum absolute atomic E-state index is 0.286. The van der Waals surface area contributed by atoms with Gasteiger partial charge in [-0.15, -0.1) is 6.58 Å². The Morgan fingerprint density at radius 2 is 2.05 bits per heavy atom. The number of allylic oxidation sites excluding steroid dienone is 1. The third kappa shape index (κ3) is 4.54. The van der Waals surface area contributed by atoms with Gasteiger partial charge in [0.15, 0.2) is 0 Å². The smallest absolute Gasteiger partial charge is 0.328 e. The van der Waals surface area contributed by atoms with Crippen LogP contribution in [-0.4, -0.2) is 25.0 Å². The Kier molecular flexibility index (Phi) is 5.73. The van der Waals surface area contributed by atoms with Crippen molar-refractivity contribution in [2.75, 3.05) is 7.11 Å². The lowest BCUT2D eigenvalue weighted by Gasteiger charge is -2.15. The first-order valence-corrected chi connectivity index (χ1v) is 5.83. The van der Waals surface area contributed by atoms with Crippen LogP contribution in [0.15, 0.2) is 36.9 Å². The molecule has 0 aliphatic carbocycles. The number of carbonyl (C=O) groups excluding carboxylic acids is 2. The maximum Gasteiger partial charge on any atom is 0.328 e. The molecule has 0 unspecified atom stereocenters. The Labute approximate surface area is 111 Å². The minimum Gasteiger partial charge on any atom is -0.467 e. The summed E-state index contributed by atoms with van der Waals surface area (Å²) in [5.41, 5.74) is 0.286. The number of hydrogen-bond acceptors (Lipinski definition) is 3. The number of esters is 1. The van der Waals surface area contributed by atoms with Crippen molar-refractivity contribution in [2.45, 2.75) is 18.9 Å². The first kappa shape index (κ1) is 14.9. The topological polar surface area (TPSA) is 55.4 Å². The van der Waals surface area contributed by atoms with Gasteiger partial charge in [0.05, 0.1) is 7.11 Å². The monoisotopic (exact) mass is 265 g/mol. The largest absolute Gasteiger partial charge is 0.467 e. The molecule has 0 spiro atoms. The summed E-state index contributed by atoms with van der Waals surface area (Å²) in [7, 11) is 1.26. The Hall–Kier alpha value is -2.17. The fraction of sp³-hybridized carbons (Fsp3) is 0.286. The number of methoxy groups -OCH3 is 1. The molecule has 102 valence electrons. The summed E-state index contributed by atoms with van der Waals surface area (Å²) in [6.07, 6.45) is 2.63. The molecule has 5 heteroatoms. The maximum atomic E-state index is 12.7. The number of carbonyl (C=O) groups is 2. The summed E-state index contributed by atoms with van der Waals surface area (Å²) >= 11 is 0. The molecule has 1 N–H and O–H groups in total. The summed E-state index contributed by atoms with van der Waals surface area (Å²) in [6.45, 7) is 3.56. The number of rotatable bonds is 6. The van der Waals surface area contributed by atoms with Crippen molar-refractivity contribution in [3.63, 3.8) is 0 Å². The zero-order chi connectivity index (χ0) is 14.3. The second-order valence-electron chi connectivity index (χ2n) is 3.92. The number of halogens is 1. The molecule has 1 aromatic rings. The quantitative estimate of drug-likeness (QED) is 0.632. The number of ether oxygens (including phenoxy) is 1. The predicted molar refractivity (Wildman–Crippen MR) is 69.1 cm³/mol. The summed E-state index contributed by atoms with van der Waals surface area (Å²) in [5, 5.41) is 2.55. The van der Waals surface area contributed by atoms with Gasteiger partial charge < -0.3 is 10.1 Å². The Balaban J connectivity index is 2.72. The van der Waals surface area contributed by atoms with Gasteiger partial charge in [0, 0.05) is 5.56 Å². The number of amides is 1. The molecule has 0 bridgehead atoms. The second-order valence-corrected chi connectivity index (χ2v) is 3.92. The standard InChI is InChI=1S/C14H16FNO3/c1-3-4-5-12(14(18)19-2)16-13(17)10-6-8-11(15)9-7-10/h3,6-9,12H,1,4-5H2,2H3,(H,16,17)/t12-/m0/s1. The van der Waals surface area contributed by atoms with Gasteiger partial charge in [0.25, 0.3) is 5.91 Å². The lowest BCUT2D eigenvalue weighted by molar-refractivity contribution is -0.143. The Morgan fingerprint density at radius 3 is 2.58 bits per heavy atom. The summed E-state index contributed by atoms with van der Waals surface area (Å²) in [4.78, 5) is 23.4. The molecule has 1 rings (SSSR count). The first-order valence-electron chi connectivity index (χ1n) is 5.83. The van der Waals surface area contributed by atoms with Gasteiger partial charge in [-0.3, -0.25) is 4.79 Å². The molecule has 1 atom stereocenters. The van der Waals surface area contributed by atoms with Crippen LogP contribution in [0, 0.1) is 5.82 Å². The van der Waals surface area contributed by atoms with Crippen LogP contribution in [0.5, 0.6) is 0 Å². The molecule has 4 nitrogen and oxygen atoms in total. The van der Waals surface area contributed by atoms with E-state index in [0.29, 0.717) is 12.8 Å². The molecule has 0 saturated carbocycles. The molecule has 0 aromatic heterocycles. The highest BCUT2D eigenvalue weighted by Gasteiger charge is 2.21. The molecule has 0 heterocycles. The van der Waals surface area contributed by atoms with E-state index in [1.54, 1.807) is 6.08 Å². The minimum atomic E-state index is -0.736. The van der Waals surface area contributed by atoms with Crippen molar-refractivity contribution in [1.29, 1.82) is 0 Å². The van der Waals surface area contributed by atoms with Crippen molar-refractivity contribution in [1.82, 2.24) is 5.32 Å². The van der Waals surface area contributed by atoms with E-state index in [-0.39, 0.29) is 5.56 Å². The fourth-order valence-electron chi connectivity index (χ4n) is 1.52. The SMILES string of the molecule is C=CCC[C@H](NC(=O)c1ccc(F)cc1)C(=O)OC. The van der Waals surface area contributed by atoms with Crippen molar-refractivity contribution in [2.24, 2.45) is 0 Å². The van der Waals surface area contributed by atoms with E-state index < -0.39 is 23.7 Å². The van der Waals surface area contributed by atoms with Crippen LogP contribution in [-0.2, 0) is 9.53 Å². The zero-order valence-electron chi connectivity index (χ0n) is 10.7. The van der Waals surface area contributed by atoms with E-state index in [0.717, 1.165) is 0 Å². The van der Waals surface area contributed by atoms with Crippen LogP contribution in [0.1, 0.15) is 23.2 Å². The highest BCUT2D eigenvalue weighted by molar-refractivity contribution is 5.96. The fourth-order valence-corrected chi connectivity index (χ4v) is 1.52. The predicted octanol–water partition coefficient (Wildman–Crippen LogP) is 2.06. The van der Waals surface area contributed by atoms with E-state index in [9.17, 15) is 14.0 Å². The molecule has 19 heavy (non-hydrogen) atoms. The van der Waals surface area contributed by atoms with E-state index >= 15 is 0 Å². The van der Waals surface area contributed by atoms with E-state index in [1.807, 2.05) is 0 Å². The highest BCUT2D eigenvalue weighted by Crippen LogP contribution is 2.06. The third-order valence-electron chi connectivity index (χ3n) is 2.56. The summed E-state index contributed by atoms with van der Waals surface area (Å²) < 4.78 is 17.4. The van der Waals surface area contributed by atoms with Gasteiger partial charge in [-0.1, -0.05) is 6.08 Å². The molecular formula is C14H16FNO3. The number of nitrogens with one attached hydrogen (secondary N) is 1. The lowest BCUT2D eigenvalue weighted by Crippen LogP contribution is -2.41. The first-order chi connectivity index (χ1) is 9.08. The number of hydrogen-bond donors (Lipinski definition) is 1. The summed E-state index contributed by atoms with van der Waals surface area (Å²) in [6, 6.07) is 4.34. The van der Waals surface area contributed by atoms with Gasteiger partial charge in [-0.25, -0.2) is 9.18 Å². The number of benzene rings is 1. The summed E-state index contributed by atoms with van der Waals surface area (Å²) in [5.74, 6) is -1.38. The van der Waals surface area contributed by atoms with Crippen LogP contribution in [0.3, 0.4) is 0 Å². The van der Waals surface area contributed by atoms with E-state index in [1.165, 1.54) is 31.4 Å². The van der Waals surface area contributed by atoms with E-state index in [4.69, 9.17) is 0 Å². The molecule has 0 aliphatic rings. The van der Waals surface area contributed by atoms with Crippen molar-refractivity contribution >= 4 is 11.9 Å². The van der Waals surface area contributed by atoms with Crippen molar-refractivity contribution in [3.05, 3.63) is 48.3 Å². The average molecular weight is 265 g/mol. The maximum absolute atomic E-state index is 12.7. The Bertz CT molecular complexity index is 456. The van der Waals surface area contributed by atoms with Crippen LogP contribution in [0.4, 0.5) is 4.39 Å². The zero-order valence-corrected chi connectivity index (χ0v) is 10.7. The van der Waals surface area contributed by atoms with Crippen molar-refractivity contribution in [3.8, 4) is 0 Å². The van der Waals surface area contributed by atoms with Crippen LogP contribution in [0.2, 0.25) is 0 Å². The third-order valence-corrected chi connectivity index (χ3v) is 2.56. The van der Waals surface area contributed by atoms with E-state index in [2.05, 4.69) is 16.6 Å². The molecule has 1 amide bonds. The molecule has 1 aromatic carbocycles. The van der Waals surface area contributed by atoms with Gasteiger partial charge in [-0.2, -0.15) is 0 Å². The van der Waals surface area contributed by atoms with Crippen LogP contribution < -0.4 is 5.32 Å². The van der Waals surface area contributed by atoms with Gasteiger partial charge in [0.2, 0.25) is 0 Å². The molecular weight excluding hydrogens is 249 g/mol. The van der Waals surface area contributed by atoms with Crippen LogP contribution >= 0.6 is 0 Å². The molecule has 0 fully saturated rings. The van der Waals surface area contributed by atoms with Crippen LogP contribution in [0.25, 0.3) is 0 Å². The molecule has 0 saturated heterocycles. The van der Waals surface area contributed by atoms with Gasteiger partial charge in [-0.05, 0) is 37.1 Å². The Morgan fingerprint density at radius 1 is 1.42 bits per heavy atom. The van der Waals surface area contributed by atoms with Crippen molar-refractivity contribution < 1.29 is 18.7 Å². The second kappa shape index (κ2) is 7.31. The van der Waals surface area contributed by atoms with Gasteiger partial charge >= 0.3 is 5.97 Å². The molecule has 0 radical (unpaired) electrons.